The van der Waals surface area contributed by atoms with Crippen molar-refractivity contribution >= 4 is 60.7 Å². The minimum absolute atomic E-state index is 0.0178. The highest BCUT2D eigenvalue weighted by Crippen LogP contribution is 2.32. The summed E-state index contributed by atoms with van der Waals surface area (Å²) in [5.74, 6) is 0. The topological polar surface area (TPSA) is 120 Å². The molecule has 19 heavy (non-hydrogen) atoms. The number of hydrogen-bond acceptors (Lipinski definition) is 6. The molecule has 1 heterocycles. The van der Waals surface area contributed by atoms with Crippen molar-refractivity contribution in [2.75, 3.05) is 0 Å². The van der Waals surface area contributed by atoms with Crippen molar-refractivity contribution < 1.29 is 18.3 Å². The third-order valence-corrected chi connectivity index (χ3v) is 7.20. The molecule has 2 rings (SSSR count). The molecule has 100 valence electrons. The van der Waals surface area contributed by atoms with Gasteiger partial charge in [-0.05, 0) is 31.9 Å². The van der Waals surface area contributed by atoms with Gasteiger partial charge < -0.3 is 0 Å². The normalized spacial score (nSPS) is 16.3. The van der Waals surface area contributed by atoms with Gasteiger partial charge in [0.15, 0.2) is 0 Å². The number of halogens is 2. The Morgan fingerprint density at radius 3 is 1.47 bits per heavy atom. The maximum Gasteiger partial charge on any atom is 0.346 e. The van der Waals surface area contributed by atoms with Gasteiger partial charge in [0.2, 0.25) is 9.84 Å². The predicted octanol–water partition coefficient (Wildman–Crippen LogP) is 0.853. The molecule has 0 aliphatic carbocycles. The Morgan fingerprint density at radius 2 is 1.21 bits per heavy atom. The van der Waals surface area contributed by atoms with Gasteiger partial charge in [-0.1, -0.05) is 0 Å². The van der Waals surface area contributed by atoms with Crippen LogP contribution >= 0.6 is 31.9 Å². The molecule has 0 bridgehead atoms. The van der Waals surface area contributed by atoms with E-state index < -0.39 is 31.1 Å². The molecular formula is C8H2Br2N2O6S. The van der Waals surface area contributed by atoms with E-state index in [1.165, 1.54) is 0 Å². The average Bonchev–Trinajstić information content (AvgIpc) is 2.49. The summed E-state index contributed by atoms with van der Waals surface area (Å²) in [6, 6.07) is 1.73. The van der Waals surface area contributed by atoms with Crippen LogP contribution in [-0.4, -0.2) is 18.3 Å². The Balaban J connectivity index is 3.08. The summed E-state index contributed by atoms with van der Waals surface area (Å²) in [6.45, 7) is 0. The number of nitro benzene ring substituents is 2. The minimum atomic E-state index is -3.83. The van der Waals surface area contributed by atoms with E-state index >= 15 is 0 Å². The zero-order valence-corrected chi connectivity index (χ0v) is 12.7. The third kappa shape index (κ3) is 1.97. The Kier molecular flexibility index (Phi) is 3.23. The summed E-state index contributed by atoms with van der Waals surface area (Å²) in [5, 5.41) is 21.6. The fourth-order valence-corrected chi connectivity index (χ4v) is 4.92. The average molecular weight is 414 g/mol. The fraction of sp³-hybridized carbons (Fsp3) is 0. The molecule has 0 spiro atoms. The van der Waals surface area contributed by atoms with Gasteiger partial charge in [-0.2, -0.15) is 0 Å². The molecule has 0 radical (unpaired) electrons. The highest BCUT2D eigenvalue weighted by atomic mass is 79.9. The van der Waals surface area contributed by atoms with Crippen LogP contribution in [0.25, 0.3) is 7.63 Å². The molecule has 11 heteroatoms. The molecule has 0 aromatic heterocycles. The van der Waals surface area contributed by atoms with Crippen LogP contribution in [-0.2, 0) is 9.84 Å². The number of nitro groups is 2. The highest BCUT2D eigenvalue weighted by molar-refractivity contribution is 9.20. The van der Waals surface area contributed by atoms with E-state index in [1.807, 2.05) is 0 Å². The van der Waals surface area contributed by atoms with Crippen molar-refractivity contribution in [1.82, 2.24) is 0 Å². The third-order valence-electron chi connectivity index (χ3n) is 2.40. The second-order valence-electron chi connectivity index (χ2n) is 3.45. The maximum atomic E-state index is 11.8. The molecule has 0 fully saturated rings. The van der Waals surface area contributed by atoms with Crippen LogP contribution in [0.5, 0.6) is 0 Å². The van der Waals surface area contributed by atoms with Crippen molar-refractivity contribution in [3.8, 4) is 0 Å². The zero-order chi connectivity index (χ0) is 14.5. The minimum Gasteiger partial charge on any atom is -0.258 e. The van der Waals surface area contributed by atoms with Gasteiger partial charge in [0.25, 0.3) is 0 Å². The standard InChI is InChI=1S/C8H2Br2N2O6S/c9-7-3-1-5(11(13)14)6(12(15)16)2-4(3)8(10)19(7,17)18/h1-2H. The van der Waals surface area contributed by atoms with Gasteiger partial charge in [-0.3, -0.25) is 20.2 Å². The van der Waals surface area contributed by atoms with Crippen molar-refractivity contribution in [3.05, 3.63) is 42.8 Å². The first-order valence-electron chi connectivity index (χ1n) is 4.45. The number of sulfone groups is 1. The predicted molar refractivity (Wildman–Crippen MR) is 72.6 cm³/mol. The Labute approximate surface area is 121 Å². The zero-order valence-electron chi connectivity index (χ0n) is 8.66. The highest BCUT2D eigenvalue weighted by Gasteiger charge is 2.32. The summed E-state index contributed by atoms with van der Waals surface area (Å²) in [6.07, 6.45) is 0. The first-order chi connectivity index (χ1) is 8.67. The second kappa shape index (κ2) is 4.35. The Morgan fingerprint density at radius 1 is 0.895 bits per heavy atom. The van der Waals surface area contributed by atoms with Crippen LogP contribution in [0, 0.1) is 20.2 Å². The summed E-state index contributed by atoms with van der Waals surface area (Å²) >= 11 is 5.66. The monoisotopic (exact) mass is 412 g/mol. The van der Waals surface area contributed by atoms with Crippen LogP contribution in [0.4, 0.5) is 11.4 Å². The Hall–Kier alpha value is -1.33. The van der Waals surface area contributed by atoms with Crippen molar-refractivity contribution in [1.29, 1.82) is 0 Å². The smallest absolute Gasteiger partial charge is 0.258 e. The maximum absolute atomic E-state index is 11.8. The molecule has 1 aliphatic heterocycles. The second-order valence-corrected chi connectivity index (χ2v) is 7.91. The first kappa shape index (κ1) is 14.1. The van der Waals surface area contributed by atoms with E-state index in [9.17, 15) is 28.6 Å². The molecule has 1 aromatic rings. The summed E-state index contributed by atoms with van der Waals surface area (Å²) in [5.41, 5.74) is -1.53. The van der Waals surface area contributed by atoms with Crippen LogP contribution in [0.3, 0.4) is 0 Å². The largest absolute Gasteiger partial charge is 0.346 e. The van der Waals surface area contributed by atoms with Gasteiger partial charge >= 0.3 is 11.4 Å². The lowest BCUT2D eigenvalue weighted by molar-refractivity contribution is -0.422. The van der Waals surface area contributed by atoms with Gasteiger partial charge in [0.05, 0.1) is 9.85 Å². The van der Waals surface area contributed by atoms with E-state index in [-0.39, 0.29) is 18.1 Å². The van der Waals surface area contributed by atoms with E-state index in [1.54, 1.807) is 0 Å². The molecule has 1 aromatic carbocycles. The van der Waals surface area contributed by atoms with E-state index in [0.717, 1.165) is 12.1 Å². The van der Waals surface area contributed by atoms with Crippen LogP contribution < -0.4 is 10.4 Å². The van der Waals surface area contributed by atoms with Gasteiger partial charge in [0, 0.05) is 22.6 Å². The van der Waals surface area contributed by atoms with Gasteiger partial charge in [-0.15, -0.1) is 0 Å². The number of rotatable bonds is 2. The van der Waals surface area contributed by atoms with E-state index in [4.69, 9.17) is 0 Å². The molecule has 0 saturated heterocycles. The fourth-order valence-electron chi connectivity index (χ4n) is 1.56. The van der Waals surface area contributed by atoms with Crippen molar-refractivity contribution in [2.24, 2.45) is 0 Å². The quantitative estimate of drug-likeness (QED) is 0.523. The molecule has 0 amide bonds. The van der Waals surface area contributed by atoms with Gasteiger partial charge in [-0.25, -0.2) is 8.42 Å². The van der Waals surface area contributed by atoms with E-state index in [2.05, 4.69) is 31.9 Å². The van der Waals surface area contributed by atoms with E-state index in [0.29, 0.717) is 0 Å². The van der Waals surface area contributed by atoms with Crippen LogP contribution in [0.1, 0.15) is 0 Å². The molecule has 0 N–H and O–H groups in total. The lowest BCUT2D eigenvalue weighted by Gasteiger charge is -1.94. The number of nitrogens with zero attached hydrogens (tertiary/aromatic N) is 2. The van der Waals surface area contributed by atoms with Crippen LogP contribution in [0.15, 0.2) is 12.1 Å². The first-order valence-corrected chi connectivity index (χ1v) is 7.52. The van der Waals surface area contributed by atoms with Gasteiger partial charge in [0.1, 0.15) is 7.63 Å². The van der Waals surface area contributed by atoms with Crippen molar-refractivity contribution in [3.63, 3.8) is 0 Å². The summed E-state index contributed by atoms with van der Waals surface area (Å²) in [7, 11) is -3.83. The summed E-state index contributed by atoms with van der Waals surface area (Å²) in [4.78, 5) is 19.7. The number of fused-ring (bicyclic) bond motifs is 1. The van der Waals surface area contributed by atoms with Crippen LogP contribution in [0.2, 0.25) is 0 Å². The summed E-state index contributed by atoms with van der Waals surface area (Å²) < 4.78 is 23.1. The molecule has 0 saturated carbocycles. The SMILES string of the molecule is O=[N+]([O-])c1cc2c(cc1[N+](=O)[O-])=C(Br)S(=O)(=O)C=2Br. The van der Waals surface area contributed by atoms with Crippen molar-refractivity contribution in [2.45, 2.75) is 0 Å². The molecule has 8 nitrogen and oxygen atoms in total. The lowest BCUT2D eigenvalue weighted by Crippen LogP contribution is -2.24. The molecular weight excluding hydrogens is 412 g/mol. The Bertz CT molecular complexity index is 795. The lowest BCUT2D eigenvalue weighted by atomic mass is 10.2. The number of benzene rings is 1. The molecule has 0 atom stereocenters. The molecule has 0 unspecified atom stereocenters. The molecule has 1 aliphatic rings. The number of hydrogen-bond donors (Lipinski definition) is 0.